The third-order valence-corrected chi connectivity index (χ3v) is 4.55. The van der Waals surface area contributed by atoms with Crippen LogP contribution in [0.3, 0.4) is 0 Å². The van der Waals surface area contributed by atoms with E-state index in [1.807, 2.05) is 30.0 Å². The van der Waals surface area contributed by atoms with Crippen LogP contribution in [0.5, 0.6) is 0 Å². The van der Waals surface area contributed by atoms with Gasteiger partial charge in [-0.3, -0.25) is 4.79 Å². The van der Waals surface area contributed by atoms with Gasteiger partial charge in [0.15, 0.2) is 0 Å². The number of amides is 1. The summed E-state index contributed by atoms with van der Waals surface area (Å²) in [6.45, 7) is 3.36. The highest BCUT2D eigenvalue weighted by Crippen LogP contribution is 2.48. The molecule has 1 aliphatic heterocycles. The molecule has 1 aromatic rings. The van der Waals surface area contributed by atoms with Crippen LogP contribution < -0.4 is 0 Å². The first-order valence-electron chi connectivity index (χ1n) is 7.18. The minimum absolute atomic E-state index is 0.176. The van der Waals surface area contributed by atoms with E-state index in [1.165, 1.54) is 5.56 Å². The molecular weight excluding hydrogens is 238 g/mol. The maximum Gasteiger partial charge on any atom is 0.226 e. The van der Waals surface area contributed by atoms with E-state index in [1.54, 1.807) is 0 Å². The molecule has 1 aliphatic carbocycles. The molecule has 4 unspecified atom stereocenters. The molecule has 4 atom stereocenters. The highest BCUT2D eigenvalue weighted by Gasteiger charge is 2.46. The first-order valence-corrected chi connectivity index (χ1v) is 7.18. The third kappa shape index (κ3) is 2.52. The highest BCUT2D eigenvalue weighted by atomic mass is 16.3. The molecule has 1 amide bonds. The number of hydrogen-bond acceptors (Lipinski definition) is 2. The average Bonchev–Trinajstić information content (AvgIpc) is 3.06. The largest absolute Gasteiger partial charge is 0.393 e. The Balaban J connectivity index is 1.59. The van der Waals surface area contributed by atoms with E-state index >= 15 is 0 Å². The zero-order chi connectivity index (χ0) is 13.4. The molecule has 1 saturated carbocycles. The van der Waals surface area contributed by atoms with Gasteiger partial charge in [-0.15, -0.1) is 0 Å². The number of likely N-dealkylation sites (tertiary alicyclic amines) is 1. The van der Waals surface area contributed by atoms with E-state index in [-0.39, 0.29) is 23.8 Å². The van der Waals surface area contributed by atoms with E-state index in [2.05, 4.69) is 12.1 Å². The maximum absolute atomic E-state index is 12.4. The Hall–Kier alpha value is -1.35. The minimum atomic E-state index is -0.304. The molecule has 102 valence electrons. The van der Waals surface area contributed by atoms with E-state index in [4.69, 9.17) is 0 Å². The van der Waals surface area contributed by atoms with Gasteiger partial charge < -0.3 is 10.0 Å². The number of carbonyl (C=O) groups is 1. The molecule has 1 aromatic carbocycles. The van der Waals surface area contributed by atoms with Gasteiger partial charge in [0.25, 0.3) is 0 Å². The quantitative estimate of drug-likeness (QED) is 0.902. The van der Waals surface area contributed by atoms with Crippen molar-refractivity contribution in [3.63, 3.8) is 0 Å². The molecule has 1 heterocycles. The number of carbonyl (C=O) groups excluding carboxylic acids is 1. The van der Waals surface area contributed by atoms with Crippen molar-refractivity contribution >= 4 is 5.91 Å². The van der Waals surface area contributed by atoms with Crippen molar-refractivity contribution in [1.82, 2.24) is 4.90 Å². The first-order chi connectivity index (χ1) is 9.16. The molecule has 2 aliphatic rings. The highest BCUT2D eigenvalue weighted by molar-refractivity contribution is 5.83. The van der Waals surface area contributed by atoms with E-state index in [9.17, 15) is 9.90 Å². The Labute approximate surface area is 114 Å². The molecule has 3 rings (SSSR count). The van der Waals surface area contributed by atoms with Crippen LogP contribution >= 0.6 is 0 Å². The van der Waals surface area contributed by atoms with Crippen molar-refractivity contribution in [2.75, 3.05) is 13.1 Å². The van der Waals surface area contributed by atoms with Crippen LogP contribution in [0.15, 0.2) is 30.3 Å². The SMILES string of the molecule is CC(O)C1CCN(C(=O)C2CC2c2ccccc2)C1. The third-order valence-electron chi connectivity index (χ3n) is 4.55. The molecule has 3 nitrogen and oxygen atoms in total. The van der Waals surface area contributed by atoms with Gasteiger partial charge >= 0.3 is 0 Å². The minimum Gasteiger partial charge on any atom is -0.393 e. The molecule has 1 saturated heterocycles. The van der Waals surface area contributed by atoms with Crippen LogP contribution in [0.4, 0.5) is 0 Å². The Morgan fingerprint density at radius 1 is 1.37 bits per heavy atom. The molecule has 0 spiro atoms. The first kappa shape index (κ1) is 12.7. The summed E-state index contributed by atoms with van der Waals surface area (Å²) in [6.07, 6.45) is 1.62. The van der Waals surface area contributed by atoms with Crippen LogP contribution in [0.2, 0.25) is 0 Å². The van der Waals surface area contributed by atoms with E-state index in [0.717, 1.165) is 25.9 Å². The molecule has 0 bridgehead atoms. The number of hydrogen-bond donors (Lipinski definition) is 1. The summed E-state index contributed by atoms with van der Waals surface area (Å²) in [5.41, 5.74) is 1.28. The Morgan fingerprint density at radius 3 is 2.74 bits per heavy atom. The zero-order valence-electron chi connectivity index (χ0n) is 11.3. The maximum atomic E-state index is 12.4. The lowest BCUT2D eigenvalue weighted by atomic mass is 10.0. The molecular formula is C16H21NO2. The van der Waals surface area contributed by atoms with Crippen molar-refractivity contribution in [3.8, 4) is 0 Å². The lowest BCUT2D eigenvalue weighted by molar-refractivity contribution is -0.131. The normalized spacial score (nSPS) is 31.3. The number of benzene rings is 1. The van der Waals surface area contributed by atoms with Crippen molar-refractivity contribution in [2.24, 2.45) is 11.8 Å². The second-order valence-corrected chi connectivity index (χ2v) is 5.93. The summed E-state index contributed by atoms with van der Waals surface area (Å²) >= 11 is 0. The second-order valence-electron chi connectivity index (χ2n) is 5.93. The summed E-state index contributed by atoms with van der Waals surface area (Å²) in [5.74, 6) is 1.14. The molecule has 3 heteroatoms. The molecule has 0 aromatic heterocycles. The van der Waals surface area contributed by atoms with Gasteiger partial charge in [0.2, 0.25) is 5.91 Å². The van der Waals surface area contributed by atoms with Crippen molar-refractivity contribution in [1.29, 1.82) is 0 Å². The van der Waals surface area contributed by atoms with Gasteiger partial charge in [-0.2, -0.15) is 0 Å². The predicted molar refractivity (Wildman–Crippen MR) is 73.7 cm³/mol. The summed E-state index contributed by atoms with van der Waals surface area (Å²) < 4.78 is 0. The van der Waals surface area contributed by atoms with Gasteiger partial charge in [-0.25, -0.2) is 0 Å². The Bertz CT molecular complexity index is 457. The number of aliphatic hydroxyl groups excluding tert-OH is 1. The molecule has 19 heavy (non-hydrogen) atoms. The van der Waals surface area contributed by atoms with Crippen molar-refractivity contribution in [3.05, 3.63) is 35.9 Å². The van der Waals surface area contributed by atoms with Crippen molar-refractivity contribution < 1.29 is 9.90 Å². The number of nitrogens with zero attached hydrogens (tertiary/aromatic N) is 1. The smallest absolute Gasteiger partial charge is 0.226 e. The van der Waals surface area contributed by atoms with Crippen LogP contribution in [-0.4, -0.2) is 35.1 Å². The fourth-order valence-electron chi connectivity index (χ4n) is 3.15. The van der Waals surface area contributed by atoms with E-state index < -0.39 is 0 Å². The summed E-state index contributed by atoms with van der Waals surface area (Å²) in [5, 5.41) is 9.60. The van der Waals surface area contributed by atoms with Gasteiger partial charge in [-0.05, 0) is 31.2 Å². The van der Waals surface area contributed by atoms with Gasteiger partial charge in [0, 0.05) is 24.9 Å². The van der Waals surface area contributed by atoms with Gasteiger partial charge in [0.05, 0.1) is 6.10 Å². The Morgan fingerprint density at radius 2 is 2.11 bits per heavy atom. The topological polar surface area (TPSA) is 40.5 Å². The number of aliphatic hydroxyl groups is 1. The van der Waals surface area contributed by atoms with Crippen LogP contribution in [0, 0.1) is 11.8 Å². The van der Waals surface area contributed by atoms with Gasteiger partial charge in [-0.1, -0.05) is 30.3 Å². The second kappa shape index (κ2) is 4.97. The van der Waals surface area contributed by atoms with Gasteiger partial charge in [0.1, 0.15) is 0 Å². The lowest BCUT2D eigenvalue weighted by Crippen LogP contribution is -2.31. The van der Waals surface area contributed by atoms with Crippen LogP contribution in [-0.2, 0) is 4.79 Å². The van der Waals surface area contributed by atoms with Crippen LogP contribution in [0.25, 0.3) is 0 Å². The summed E-state index contributed by atoms with van der Waals surface area (Å²) in [6, 6.07) is 10.3. The average molecular weight is 259 g/mol. The predicted octanol–water partition coefficient (Wildman–Crippen LogP) is 2.02. The summed E-state index contributed by atoms with van der Waals surface area (Å²) in [7, 11) is 0. The lowest BCUT2D eigenvalue weighted by Gasteiger charge is -2.17. The molecule has 2 fully saturated rings. The fourth-order valence-corrected chi connectivity index (χ4v) is 3.15. The summed E-state index contributed by atoms with van der Waals surface area (Å²) in [4.78, 5) is 14.4. The molecule has 0 radical (unpaired) electrons. The standard InChI is InChI=1S/C16H21NO2/c1-11(18)13-7-8-17(10-13)16(19)15-9-14(15)12-5-3-2-4-6-12/h2-6,11,13-15,18H,7-10H2,1H3. The fraction of sp³-hybridized carbons (Fsp3) is 0.562. The zero-order valence-corrected chi connectivity index (χ0v) is 11.3. The number of rotatable bonds is 3. The van der Waals surface area contributed by atoms with Crippen LogP contribution in [0.1, 0.15) is 31.2 Å². The van der Waals surface area contributed by atoms with Crippen molar-refractivity contribution in [2.45, 2.75) is 31.8 Å². The van der Waals surface area contributed by atoms with E-state index in [0.29, 0.717) is 5.92 Å². The monoisotopic (exact) mass is 259 g/mol. The Kier molecular flexibility index (Phi) is 3.31. The molecule has 1 N–H and O–H groups in total.